The smallest absolute Gasteiger partial charge is 0.182 e. The zero-order valence-corrected chi connectivity index (χ0v) is 10.8. The van der Waals surface area contributed by atoms with Crippen molar-refractivity contribution >= 4 is 12.2 Å². The van der Waals surface area contributed by atoms with Crippen molar-refractivity contribution < 1.29 is 4.39 Å². The summed E-state index contributed by atoms with van der Waals surface area (Å²) in [5.41, 5.74) is 2.85. The molecule has 0 saturated heterocycles. The van der Waals surface area contributed by atoms with Gasteiger partial charge in [-0.2, -0.15) is 0 Å². The first kappa shape index (κ1) is 11.9. The Kier molecular flexibility index (Phi) is 3.01. The summed E-state index contributed by atoms with van der Waals surface area (Å²) >= 11 is 5.30. The molecule has 19 heavy (non-hydrogen) atoms. The second kappa shape index (κ2) is 4.82. The Bertz CT molecular complexity index is 742. The van der Waals surface area contributed by atoms with Gasteiger partial charge in [-0.15, -0.1) is 0 Å². The normalized spacial score (nSPS) is 10.6. The van der Waals surface area contributed by atoms with Crippen LogP contribution >= 0.6 is 12.2 Å². The van der Waals surface area contributed by atoms with E-state index in [1.54, 1.807) is 12.1 Å². The molecule has 0 fully saturated rings. The van der Waals surface area contributed by atoms with E-state index >= 15 is 0 Å². The molecule has 2 nitrogen and oxygen atoms in total. The van der Waals surface area contributed by atoms with E-state index in [-0.39, 0.29) is 5.82 Å². The molecule has 0 aliphatic rings. The number of H-pyrrole nitrogens is 1. The van der Waals surface area contributed by atoms with Crippen LogP contribution in [0.3, 0.4) is 0 Å². The fourth-order valence-corrected chi connectivity index (χ4v) is 2.30. The van der Waals surface area contributed by atoms with Gasteiger partial charge in [0.05, 0.1) is 5.69 Å². The van der Waals surface area contributed by atoms with Crippen LogP contribution in [0.1, 0.15) is 0 Å². The summed E-state index contributed by atoms with van der Waals surface area (Å²) in [7, 11) is 0. The number of imidazole rings is 1. The minimum absolute atomic E-state index is 0.257. The van der Waals surface area contributed by atoms with Crippen LogP contribution in [0.4, 0.5) is 4.39 Å². The predicted molar refractivity (Wildman–Crippen MR) is 76.3 cm³/mol. The maximum absolute atomic E-state index is 13.0. The lowest BCUT2D eigenvalue weighted by molar-refractivity contribution is 0.627. The number of benzene rings is 2. The molecule has 2 aromatic carbocycles. The molecule has 0 radical (unpaired) electrons. The summed E-state index contributed by atoms with van der Waals surface area (Å²) < 4.78 is 15.5. The van der Waals surface area contributed by atoms with E-state index in [4.69, 9.17) is 12.2 Å². The molecule has 94 valence electrons. The van der Waals surface area contributed by atoms with E-state index in [2.05, 4.69) is 4.98 Å². The monoisotopic (exact) mass is 270 g/mol. The predicted octanol–water partition coefficient (Wildman–Crippen LogP) is 4.34. The van der Waals surface area contributed by atoms with Crippen molar-refractivity contribution in [1.82, 2.24) is 9.55 Å². The molecular weight excluding hydrogens is 259 g/mol. The third kappa shape index (κ3) is 2.22. The van der Waals surface area contributed by atoms with Gasteiger partial charge in [-0.25, -0.2) is 4.39 Å². The minimum Gasteiger partial charge on any atom is -0.336 e. The number of nitrogens with one attached hydrogen (secondary N) is 1. The number of hydrogen-bond acceptors (Lipinski definition) is 1. The first-order valence-corrected chi connectivity index (χ1v) is 6.28. The van der Waals surface area contributed by atoms with Crippen LogP contribution in [0.5, 0.6) is 0 Å². The van der Waals surface area contributed by atoms with E-state index in [0.29, 0.717) is 4.77 Å². The number of aromatic nitrogens is 2. The molecule has 4 heteroatoms. The van der Waals surface area contributed by atoms with Crippen LogP contribution in [0, 0.1) is 10.6 Å². The minimum atomic E-state index is -0.257. The Balaban J connectivity index is 2.19. The standard InChI is InChI=1S/C15H11FN2S/c16-12-6-8-13(9-7-12)18-14(10-17-15(18)19)11-4-2-1-3-5-11/h1-10H,(H,17,19). The molecular formula is C15H11FN2S. The fraction of sp³-hybridized carbons (Fsp3) is 0. The van der Waals surface area contributed by atoms with Crippen LogP contribution in [0.15, 0.2) is 60.8 Å². The van der Waals surface area contributed by atoms with Gasteiger partial charge in [-0.05, 0) is 36.5 Å². The van der Waals surface area contributed by atoms with Gasteiger partial charge in [-0.1, -0.05) is 30.3 Å². The Labute approximate surface area is 115 Å². The first-order valence-electron chi connectivity index (χ1n) is 5.87. The van der Waals surface area contributed by atoms with Crippen LogP contribution in [0.2, 0.25) is 0 Å². The average Bonchev–Trinajstić information content (AvgIpc) is 2.83. The molecule has 0 unspecified atom stereocenters. The second-order valence-corrected chi connectivity index (χ2v) is 4.54. The fourth-order valence-electron chi connectivity index (χ4n) is 2.04. The Morgan fingerprint density at radius 1 is 0.947 bits per heavy atom. The van der Waals surface area contributed by atoms with Crippen LogP contribution < -0.4 is 0 Å². The maximum Gasteiger partial charge on any atom is 0.182 e. The summed E-state index contributed by atoms with van der Waals surface area (Å²) in [4.78, 5) is 3.03. The van der Waals surface area contributed by atoms with Crippen molar-refractivity contribution in [3.63, 3.8) is 0 Å². The Morgan fingerprint density at radius 3 is 2.32 bits per heavy atom. The molecule has 3 rings (SSSR count). The van der Waals surface area contributed by atoms with Crippen molar-refractivity contribution in [1.29, 1.82) is 0 Å². The lowest BCUT2D eigenvalue weighted by atomic mass is 10.1. The van der Waals surface area contributed by atoms with Crippen molar-refractivity contribution in [3.05, 3.63) is 71.4 Å². The van der Waals surface area contributed by atoms with E-state index in [9.17, 15) is 4.39 Å². The van der Waals surface area contributed by atoms with Gasteiger partial charge in [-0.3, -0.25) is 4.57 Å². The number of rotatable bonds is 2. The van der Waals surface area contributed by atoms with Crippen LogP contribution in [-0.2, 0) is 0 Å². The zero-order chi connectivity index (χ0) is 13.2. The Hall–Kier alpha value is -2.20. The van der Waals surface area contributed by atoms with E-state index < -0.39 is 0 Å². The van der Waals surface area contributed by atoms with Gasteiger partial charge in [0, 0.05) is 17.4 Å². The molecule has 0 bridgehead atoms. The molecule has 0 atom stereocenters. The zero-order valence-electron chi connectivity index (χ0n) is 10.0. The molecule has 1 heterocycles. The average molecular weight is 270 g/mol. The third-order valence-electron chi connectivity index (χ3n) is 2.93. The summed E-state index contributed by atoms with van der Waals surface area (Å²) in [5, 5.41) is 0. The molecule has 1 N–H and O–H groups in total. The van der Waals surface area contributed by atoms with Gasteiger partial charge in [0.1, 0.15) is 5.82 Å². The van der Waals surface area contributed by atoms with E-state index in [0.717, 1.165) is 16.9 Å². The highest BCUT2D eigenvalue weighted by Gasteiger charge is 2.08. The van der Waals surface area contributed by atoms with Crippen molar-refractivity contribution in [2.45, 2.75) is 0 Å². The lowest BCUT2D eigenvalue weighted by Gasteiger charge is -2.08. The van der Waals surface area contributed by atoms with Gasteiger partial charge >= 0.3 is 0 Å². The molecule has 0 amide bonds. The topological polar surface area (TPSA) is 20.7 Å². The Morgan fingerprint density at radius 2 is 1.63 bits per heavy atom. The molecule has 0 spiro atoms. The molecule has 1 aromatic heterocycles. The summed E-state index contributed by atoms with van der Waals surface area (Å²) in [5.74, 6) is -0.257. The molecule has 0 aliphatic carbocycles. The number of halogens is 1. The van der Waals surface area contributed by atoms with Crippen LogP contribution in [-0.4, -0.2) is 9.55 Å². The molecule has 0 aliphatic heterocycles. The van der Waals surface area contributed by atoms with Gasteiger partial charge in [0.25, 0.3) is 0 Å². The summed E-state index contributed by atoms with van der Waals surface area (Å²) in [6, 6.07) is 16.2. The molecule has 0 saturated carbocycles. The number of hydrogen-bond donors (Lipinski definition) is 1. The SMILES string of the molecule is Fc1ccc(-n2c(-c3ccccc3)c[nH]c2=S)cc1. The summed E-state index contributed by atoms with van der Waals surface area (Å²) in [6.45, 7) is 0. The number of nitrogens with zero attached hydrogens (tertiary/aromatic N) is 1. The van der Waals surface area contributed by atoms with Gasteiger partial charge in [0.15, 0.2) is 4.77 Å². The highest BCUT2D eigenvalue weighted by atomic mass is 32.1. The summed E-state index contributed by atoms with van der Waals surface area (Å²) in [6.07, 6.45) is 1.86. The van der Waals surface area contributed by atoms with Gasteiger partial charge in [0.2, 0.25) is 0 Å². The van der Waals surface area contributed by atoms with Crippen molar-refractivity contribution in [2.24, 2.45) is 0 Å². The third-order valence-corrected chi connectivity index (χ3v) is 3.23. The second-order valence-electron chi connectivity index (χ2n) is 4.16. The van der Waals surface area contributed by atoms with Crippen LogP contribution in [0.25, 0.3) is 16.9 Å². The van der Waals surface area contributed by atoms with E-state index in [1.807, 2.05) is 41.1 Å². The first-order chi connectivity index (χ1) is 9.25. The number of aromatic amines is 1. The quantitative estimate of drug-likeness (QED) is 0.687. The lowest BCUT2D eigenvalue weighted by Crippen LogP contribution is -1.96. The maximum atomic E-state index is 13.0. The molecule has 3 aromatic rings. The largest absolute Gasteiger partial charge is 0.336 e. The van der Waals surface area contributed by atoms with Crippen molar-refractivity contribution in [3.8, 4) is 16.9 Å². The highest BCUT2D eigenvalue weighted by Crippen LogP contribution is 2.23. The van der Waals surface area contributed by atoms with E-state index in [1.165, 1.54) is 12.1 Å². The van der Waals surface area contributed by atoms with Gasteiger partial charge < -0.3 is 4.98 Å². The van der Waals surface area contributed by atoms with Crippen molar-refractivity contribution in [2.75, 3.05) is 0 Å². The highest BCUT2D eigenvalue weighted by molar-refractivity contribution is 7.71.